The maximum Gasteiger partial charge on any atom is 0.209 e. The van der Waals surface area contributed by atoms with Gasteiger partial charge in [-0.15, -0.1) is 22.7 Å². The number of rotatable bonds is 2. The predicted octanol–water partition coefficient (Wildman–Crippen LogP) is 4.68. The molecule has 132 valence electrons. The Kier molecular flexibility index (Phi) is 3.78. The zero-order valence-corrected chi connectivity index (χ0v) is 16.2. The summed E-state index contributed by atoms with van der Waals surface area (Å²) < 4.78 is 0.952. The first-order chi connectivity index (χ1) is 13.1. The SMILES string of the molecule is Cc1ncc(-c2nc3[nH]ccc(=O)c3nc2-c2cc(Cl)c3ncsc3c2)s1. The average Bonchev–Trinajstić information content (AvgIpc) is 3.30. The maximum absolute atomic E-state index is 12.3. The molecular weight excluding hydrogens is 402 g/mol. The minimum atomic E-state index is -0.186. The second kappa shape index (κ2) is 6.19. The first-order valence-corrected chi connectivity index (χ1v) is 10.0. The molecule has 0 saturated carbocycles. The summed E-state index contributed by atoms with van der Waals surface area (Å²) in [6.45, 7) is 1.93. The minimum Gasteiger partial charge on any atom is -0.345 e. The number of H-pyrrole nitrogens is 1. The normalized spacial score (nSPS) is 11.5. The van der Waals surface area contributed by atoms with Crippen molar-refractivity contribution in [3.63, 3.8) is 0 Å². The van der Waals surface area contributed by atoms with E-state index in [0.717, 1.165) is 25.7 Å². The summed E-state index contributed by atoms with van der Waals surface area (Å²) in [7, 11) is 0. The van der Waals surface area contributed by atoms with Crippen LogP contribution in [-0.4, -0.2) is 24.9 Å². The smallest absolute Gasteiger partial charge is 0.209 e. The molecule has 0 aliphatic heterocycles. The Morgan fingerprint density at radius 3 is 2.81 bits per heavy atom. The quantitative estimate of drug-likeness (QED) is 0.456. The summed E-state index contributed by atoms with van der Waals surface area (Å²) in [4.78, 5) is 34.1. The number of thiazole rings is 2. The first kappa shape index (κ1) is 16.5. The highest BCUT2D eigenvalue weighted by atomic mass is 35.5. The van der Waals surface area contributed by atoms with Crippen LogP contribution in [0.5, 0.6) is 0 Å². The van der Waals surface area contributed by atoms with Crippen LogP contribution in [0.2, 0.25) is 5.02 Å². The molecule has 0 amide bonds. The van der Waals surface area contributed by atoms with E-state index in [9.17, 15) is 4.79 Å². The Morgan fingerprint density at radius 1 is 1.11 bits per heavy atom. The number of nitrogens with one attached hydrogen (secondary N) is 1. The summed E-state index contributed by atoms with van der Waals surface area (Å²) in [5.41, 5.74) is 5.10. The molecule has 4 heterocycles. The van der Waals surface area contributed by atoms with Crippen molar-refractivity contribution in [1.82, 2.24) is 24.9 Å². The Bertz CT molecular complexity index is 1390. The molecule has 1 N–H and O–H groups in total. The van der Waals surface area contributed by atoms with Crippen LogP contribution in [0, 0.1) is 6.92 Å². The lowest BCUT2D eigenvalue weighted by Crippen LogP contribution is -2.06. The molecule has 0 unspecified atom stereocenters. The van der Waals surface area contributed by atoms with Gasteiger partial charge in [0.2, 0.25) is 5.43 Å². The van der Waals surface area contributed by atoms with E-state index in [1.54, 1.807) is 17.9 Å². The second-order valence-corrected chi connectivity index (χ2v) is 8.39. The zero-order valence-electron chi connectivity index (χ0n) is 13.9. The number of nitrogens with zero attached hydrogens (tertiary/aromatic N) is 4. The van der Waals surface area contributed by atoms with Gasteiger partial charge in [0.15, 0.2) is 11.2 Å². The molecular formula is C18H10ClN5OS2. The van der Waals surface area contributed by atoms with Gasteiger partial charge in [-0.3, -0.25) is 4.79 Å². The van der Waals surface area contributed by atoms with Gasteiger partial charge in [-0.1, -0.05) is 11.6 Å². The van der Waals surface area contributed by atoms with Gasteiger partial charge in [0.05, 0.1) is 36.3 Å². The number of fused-ring (bicyclic) bond motifs is 2. The fourth-order valence-electron chi connectivity index (χ4n) is 2.89. The van der Waals surface area contributed by atoms with E-state index in [0.29, 0.717) is 22.1 Å². The van der Waals surface area contributed by atoms with E-state index in [4.69, 9.17) is 16.6 Å². The van der Waals surface area contributed by atoms with Crippen LogP contribution in [0.15, 0.2) is 40.9 Å². The number of halogens is 1. The lowest BCUT2D eigenvalue weighted by molar-refractivity contribution is 1.22. The van der Waals surface area contributed by atoms with E-state index in [1.807, 2.05) is 19.1 Å². The molecule has 9 heteroatoms. The molecule has 6 nitrogen and oxygen atoms in total. The van der Waals surface area contributed by atoms with Gasteiger partial charge in [-0.05, 0) is 19.1 Å². The van der Waals surface area contributed by atoms with Gasteiger partial charge in [0.1, 0.15) is 5.69 Å². The largest absolute Gasteiger partial charge is 0.345 e. The van der Waals surface area contributed by atoms with Crippen LogP contribution < -0.4 is 5.43 Å². The van der Waals surface area contributed by atoms with E-state index < -0.39 is 0 Å². The fraction of sp³-hybridized carbons (Fsp3) is 0.0556. The Balaban J connectivity index is 1.88. The molecule has 0 radical (unpaired) electrons. The fourth-order valence-corrected chi connectivity index (χ4v) is 4.72. The number of pyridine rings is 1. The van der Waals surface area contributed by atoms with Crippen molar-refractivity contribution in [2.24, 2.45) is 0 Å². The molecule has 0 aliphatic carbocycles. The first-order valence-electron chi connectivity index (χ1n) is 7.95. The molecule has 0 aliphatic rings. The molecule has 0 spiro atoms. The number of hydrogen-bond acceptors (Lipinski definition) is 7. The molecule has 27 heavy (non-hydrogen) atoms. The highest BCUT2D eigenvalue weighted by Crippen LogP contribution is 2.37. The summed E-state index contributed by atoms with van der Waals surface area (Å²) >= 11 is 9.45. The molecule has 5 rings (SSSR count). The van der Waals surface area contributed by atoms with Crippen LogP contribution in [0.1, 0.15) is 5.01 Å². The number of aromatic nitrogens is 5. The Morgan fingerprint density at radius 2 is 2.00 bits per heavy atom. The van der Waals surface area contributed by atoms with E-state index in [1.165, 1.54) is 28.7 Å². The highest BCUT2D eigenvalue weighted by Gasteiger charge is 2.18. The zero-order chi connectivity index (χ0) is 18.5. The monoisotopic (exact) mass is 411 g/mol. The molecule has 0 fully saturated rings. The van der Waals surface area contributed by atoms with E-state index in [-0.39, 0.29) is 10.9 Å². The maximum atomic E-state index is 12.3. The lowest BCUT2D eigenvalue weighted by Gasteiger charge is -2.09. The van der Waals surface area contributed by atoms with Crippen molar-refractivity contribution in [3.05, 3.63) is 56.4 Å². The van der Waals surface area contributed by atoms with Gasteiger partial charge in [0.25, 0.3) is 0 Å². The lowest BCUT2D eigenvalue weighted by atomic mass is 10.1. The summed E-state index contributed by atoms with van der Waals surface area (Å²) in [5, 5.41) is 1.47. The standard InChI is InChI=1S/C18H10ClN5OS2/c1-8-21-6-13(27-8)17-14(23-16-11(25)2-3-20-18(16)24-17)9-4-10(19)15-12(5-9)26-7-22-15/h2-7H,1H3,(H,20,24,25). The Hall–Kier alpha value is -2.68. The second-order valence-electron chi connectivity index (χ2n) is 5.86. The third kappa shape index (κ3) is 2.73. The van der Waals surface area contributed by atoms with Crippen molar-refractivity contribution < 1.29 is 0 Å². The summed E-state index contributed by atoms with van der Waals surface area (Å²) in [5.74, 6) is 0. The molecule has 4 aromatic heterocycles. The van der Waals surface area contributed by atoms with Crippen LogP contribution in [-0.2, 0) is 0 Å². The number of benzene rings is 1. The van der Waals surface area contributed by atoms with E-state index >= 15 is 0 Å². The van der Waals surface area contributed by atoms with Crippen molar-refractivity contribution in [1.29, 1.82) is 0 Å². The van der Waals surface area contributed by atoms with Gasteiger partial charge < -0.3 is 4.98 Å². The van der Waals surface area contributed by atoms with Crippen molar-refractivity contribution in [2.45, 2.75) is 6.92 Å². The van der Waals surface area contributed by atoms with Crippen LogP contribution in [0.25, 0.3) is 43.2 Å². The third-order valence-corrected chi connectivity index (χ3v) is 6.09. The van der Waals surface area contributed by atoms with Crippen molar-refractivity contribution >= 4 is 55.7 Å². The van der Waals surface area contributed by atoms with Crippen LogP contribution in [0.4, 0.5) is 0 Å². The van der Waals surface area contributed by atoms with Crippen LogP contribution in [0.3, 0.4) is 0 Å². The van der Waals surface area contributed by atoms with Gasteiger partial charge >= 0.3 is 0 Å². The minimum absolute atomic E-state index is 0.186. The summed E-state index contributed by atoms with van der Waals surface area (Å²) in [6.07, 6.45) is 3.34. The van der Waals surface area contributed by atoms with Crippen molar-refractivity contribution in [2.75, 3.05) is 0 Å². The van der Waals surface area contributed by atoms with E-state index in [2.05, 4.69) is 19.9 Å². The highest BCUT2D eigenvalue weighted by molar-refractivity contribution is 7.16. The number of aryl methyl sites for hydroxylation is 1. The molecule has 0 bridgehead atoms. The predicted molar refractivity (Wildman–Crippen MR) is 110 cm³/mol. The summed E-state index contributed by atoms with van der Waals surface area (Å²) in [6, 6.07) is 5.23. The van der Waals surface area contributed by atoms with Gasteiger partial charge in [-0.2, -0.15) is 0 Å². The number of aromatic amines is 1. The molecule has 1 aromatic carbocycles. The average molecular weight is 412 g/mol. The molecule has 0 atom stereocenters. The topological polar surface area (TPSA) is 84.4 Å². The van der Waals surface area contributed by atoms with Crippen LogP contribution >= 0.6 is 34.3 Å². The van der Waals surface area contributed by atoms with Gasteiger partial charge in [0, 0.05) is 24.0 Å². The number of hydrogen-bond donors (Lipinski definition) is 1. The Labute approximate surface area is 165 Å². The third-order valence-electron chi connectivity index (χ3n) is 4.10. The van der Waals surface area contributed by atoms with Gasteiger partial charge in [-0.25, -0.2) is 19.9 Å². The molecule has 5 aromatic rings. The molecule has 0 saturated heterocycles. The van der Waals surface area contributed by atoms with Crippen molar-refractivity contribution in [3.8, 4) is 21.8 Å².